The fourth-order valence-corrected chi connectivity index (χ4v) is 7.19. The van der Waals surface area contributed by atoms with Crippen molar-refractivity contribution in [1.29, 1.82) is 0 Å². The van der Waals surface area contributed by atoms with Gasteiger partial charge < -0.3 is 5.32 Å². The van der Waals surface area contributed by atoms with E-state index in [0.29, 0.717) is 5.69 Å². The number of pyridine rings is 1. The van der Waals surface area contributed by atoms with Gasteiger partial charge in [0, 0.05) is 11.8 Å². The van der Waals surface area contributed by atoms with Gasteiger partial charge in [0.1, 0.15) is 0 Å². The molecule has 1 unspecified atom stereocenters. The number of benzene rings is 1. The summed E-state index contributed by atoms with van der Waals surface area (Å²) in [5.74, 6) is -0.918. The first kappa shape index (κ1) is 18.5. The number of rotatable bonds is 5. The Morgan fingerprint density at radius 1 is 1.19 bits per heavy atom. The fourth-order valence-electron chi connectivity index (χ4n) is 2.79. The van der Waals surface area contributed by atoms with E-state index in [1.165, 1.54) is 24.3 Å². The normalized spacial score (nSPS) is 19.2. The van der Waals surface area contributed by atoms with Crippen LogP contribution in [0.2, 0.25) is 0 Å². The van der Waals surface area contributed by atoms with Crippen molar-refractivity contribution in [3.8, 4) is 0 Å². The summed E-state index contributed by atoms with van der Waals surface area (Å²) in [4.78, 5) is 16.4. The lowest BCUT2D eigenvalue weighted by Crippen LogP contribution is -2.25. The lowest BCUT2D eigenvalue weighted by molar-refractivity contribution is 0.0950. The summed E-state index contributed by atoms with van der Waals surface area (Å²) < 4.78 is 48.5. The van der Waals surface area contributed by atoms with Gasteiger partial charge in [-0.15, -0.1) is 0 Å². The van der Waals surface area contributed by atoms with E-state index in [-0.39, 0.29) is 34.9 Å². The van der Waals surface area contributed by atoms with Gasteiger partial charge in [-0.25, -0.2) is 16.8 Å². The van der Waals surface area contributed by atoms with Crippen LogP contribution < -0.4 is 5.32 Å². The van der Waals surface area contributed by atoms with Crippen molar-refractivity contribution >= 4 is 25.6 Å². The molecular weight excluding hydrogens is 376 g/mol. The maximum absolute atomic E-state index is 12.7. The van der Waals surface area contributed by atoms with Crippen LogP contribution in [0.15, 0.2) is 53.6 Å². The molecule has 1 atom stereocenters. The van der Waals surface area contributed by atoms with E-state index in [0.717, 1.165) is 0 Å². The first-order chi connectivity index (χ1) is 12.3. The van der Waals surface area contributed by atoms with Crippen LogP contribution in [0.1, 0.15) is 22.5 Å². The molecule has 9 heteroatoms. The maximum Gasteiger partial charge on any atom is 0.251 e. The molecule has 1 aromatic carbocycles. The lowest BCUT2D eigenvalue weighted by Gasteiger charge is -2.11. The van der Waals surface area contributed by atoms with E-state index in [9.17, 15) is 21.6 Å². The molecule has 2 aromatic rings. The zero-order chi connectivity index (χ0) is 18.8. The number of carbonyl (C=O) groups excluding carboxylic acids is 1. The number of hydrogen-bond donors (Lipinski definition) is 1. The Labute approximate surface area is 152 Å². The van der Waals surface area contributed by atoms with Crippen molar-refractivity contribution in [3.63, 3.8) is 0 Å². The molecule has 3 rings (SSSR count). The van der Waals surface area contributed by atoms with Gasteiger partial charge in [-0.05, 0) is 36.8 Å². The van der Waals surface area contributed by atoms with Gasteiger partial charge in [0.15, 0.2) is 19.7 Å². The minimum atomic E-state index is -3.80. The number of sulfone groups is 2. The summed E-state index contributed by atoms with van der Waals surface area (Å²) in [6.45, 7) is 0.220. The van der Waals surface area contributed by atoms with Gasteiger partial charge >= 0.3 is 0 Å². The Hall–Kier alpha value is -2.26. The number of carbonyl (C=O) groups is 1. The molecule has 1 aliphatic heterocycles. The third-order valence-electron chi connectivity index (χ3n) is 4.21. The van der Waals surface area contributed by atoms with Gasteiger partial charge in [-0.2, -0.15) is 0 Å². The SMILES string of the molecule is O=C(NCc1ccccn1)c1cccc(S(=O)(=O)C2CCS(=O)(=O)C2)c1. The summed E-state index contributed by atoms with van der Waals surface area (Å²) in [7, 11) is -7.12. The van der Waals surface area contributed by atoms with Crippen molar-refractivity contribution in [2.75, 3.05) is 11.5 Å². The minimum Gasteiger partial charge on any atom is -0.346 e. The van der Waals surface area contributed by atoms with E-state index in [2.05, 4.69) is 10.3 Å². The molecule has 2 heterocycles. The van der Waals surface area contributed by atoms with Gasteiger partial charge in [0.05, 0.1) is 33.9 Å². The van der Waals surface area contributed by atoms with Gasteiger partial charge in [0.25, 0.3) is 5.91 Å². The molecule has 0 spiro atoms. The second-order valence-corrected chi connectivity index (χ2v) is 10.6. The van der Waals surface area contributed by atoms with Crippen LogP contribution in [-0.4, -0.2) is 44.5 Å². The van der Waals surface area contributed by atoms with Crippen molar-refractivity contribution < 1.29 is 21.6 Å². The highest BCUT2D eigenvalue weighted by molar-refractivity contribution is 7.96. The Balaban J connectivity index is 1.76. The van der Waals surface area contributed by atoms with Crippen LogP contribution in [-0.2, 0) is 26.2 Å². The van der Waals surface area contributed by atoms with E-state index >= 15 is 0 Å². The van der Waals surface area contributed by atoms with Crippen molar-refractivity contribution in [3.05, 3.63) is 59.9 Å². The van der Waals surface area contributed by atoms with E-state index in [1.807, 2.05) is 0 Å². The number of aromatic nitrogens is 1. The van der Waals surface area contributed by atoms with Crippen molar-refractivity contribution in [2.24, 2.45) is 0 Å². The van der Waals surface area contributed by atoms with Crippen molar-refractivity contribution in [1.82, 2.24) is 10.3 Å². The van der Waals surface area contributed by atoms with Crippen LogP contribution in [0.5, 0.6) is 0 Å². The Bertz CT molecular complexity index is 1020. The average molecular weight is 394 g/mol. The van der Waals surface area contributed by atoms with Crippen LogP contribution in [0, 0.1) is 0 Å². The molecule has 1 saturated heterocycles. The summed E-state index contributed by atoms with van der Waals surface area (Å²) >= 11 is 0. The second-order valence-electron chi connectivity index (χ2n) is 6.10. The lowest BCUT2D eigenvalue weighted by atomic mass is 10.2. The topological polar surface area (TPSA) is 110 Å². The van der Waals surface area contributed by atoms with E-state index in [4.69, 9.17) is 0 Å². The summed E-state index contributed by atoms with van der Waals surface area (Å²) in [5.41, 5.74) is 0.878. The number of nitrogens with zero attached hydrogens (tertiary/aromatic N) is 1. The third-order valence-corrected chi connectivity index (χ3v) is 8.38. The molecule has 0 radical (unpaired) electrons. The Morgan fingerprint density at radius 3 is 2.65 bits per heavy atom. The molecule has 26 heavy (non-hydrogen) atoms. The first-order valence-corrected chi connectivity index (χ1v) is 11.4. The van der Waals surface area contributed by atoms with Crippen molar-refractivity contribution in [2.45, 2.75) is 23.1 Å². The highest BCUT2D eigenvalue weighted by Crippen LogP contribution is 2.25. The maximum atomic E-state index is 12.7. The predicted molar refractivity (Wildman–Crippen MR) is 96.1 cm³/mol. The van der Waals surface area contributed by atoms with Gasteiger partial charge in [-0.3, -0.25) is 9.78 Å². The van der Waals surface area contributed by atoms with Gasteiger partial charge in [0.2, 0.25) is 0 Å². The Kier molecular flexibility index (Phi) is 5.10. The average Bonchev–Trinajstić information content (AvgIpc) is 3.01. The number of hydrogen-bond acceptors (Lipinski definition) is 6. The zero-order valence-corrected chi connectivity index (χ0v) is 15.5. The van der Waals surface area contributed by atoms with E-state index in [1.54, 1.807) is 24.4 Å². The molecule has 0 saturated carbocycles. The smallest absolute Gasteiger partial charge is 0.251 e. The zero-order valence-electron chi connectivity index (χ0n) is 13.8. The Morgan fingerprint density at radius 2 is 2.00 bits per heavy atom. The molecule has 1 aromatic heterocycles. The summed E-state index contributed by atoms with van der Waals surface area (Å²) in [5, 5.41) is 1.73. The molecule has 0 aliphatic carbocycles. The molecule has 7 nitrogen and oxygen atoms in total. The monoisotopic (exact) mass is 394 g/mol. The summed E-state index contributed by atoms with van der Waals surface area (Å²) in [6.07, 6.45) is 1.70. The van der Waals surface area contributed by atoms with Crippen LogP contribution >= 0.6 is 0 Å². The number of amides is 1. The van der Waals surface area contributed by atoms with Crippen LogP contribution in [0.3, 0.4) is 0 Å². The summed E-state index contributed by atoms with van der Waals surface area (Å²) in [6, 6.07) is 11.0. The molecular formula is C17H18N2O5S2. The molecule has 1 amide bonds. The first-order valence-electron chi connectivity index (χ1n) is 8.00. The fraction of sp³-hybridized carbons (Fsp3) is 0.294. The quantitative estimate of drug-likeness (QED) is 0.809. The second kappa shape index (κ2) is 7.16. The van der Waals surface area contributed by atoms with E-state index < -0.39 is 30.8 Å². The molecule has 1 fully saturated rings. The van der Waals surface area contributed by atoms with Crippen LogP contribution in [0.25, 0.3) is 0 Å². The largest absolute Gasteiger partial charge is 0.346 e. The standard InChI is InChI=1S/C17H18N2O5S2/c20-17(19-11-14-5-1-2-8-18-14)13-4-3-6-15(10-13)26(23,24)16-7-9-25(21,22)12-16/h1-6,8,10,16H,7,9,11-12H2,(H,19,20). The molecule has 1 aliphatic rings. The predicted octanol–water partition coefficient (Wildman–Crippen LogP) is 0.972. The molecule has 1 N–H and O–H groups in total. The third kappa shape index (κ3) is 4.10. The molecule has 138 valence electrons. The van der Waals surface area contributed by atoms with Crippen LogP contribution in [0.4, 0.5) is 0 Å². The highest BCUT2D eigenvalue weighted by Gasteiger charge is 2.38. The highest BCUT2D eigenvalue weighted by atomic mass is 32.2. The van der Waals surface area contributed by atoms with Gasteiger partial charge in [-0.1, -0.05) is 12.1 Å². The number of nitrogens with one attached hydrogen (secondary N) is 1. The molecule has 0 bridgehead atoms. The minimum absolute atomic E-state index is 0.0370.